The molecule has 0 bridgehead atoms. The van der Waals surface area contributed by atoms with Gasteiger partial charge in [0.1, 0.15) is 0 Å². The number of oxime groups is 1. The molecule has 0 spiro atoms. The third kappa shape index (κ3) is 4.09. The third-order valence-corrected chi connectivity index (χ3v) is 3.18. The molecule has 0 aliphatic heterocycles. The lowest BCUT2D eigenvalue weighted by Crippen LogP contribution is -2.27. The summed E-state index contributed by atoms with van der Waals surface area (Å²) in [6.07, 6.45) is 1.04. The topological polar surface area (TPSA) is 78.0 Å². The minimum Gasteiger partial charge on any atom is -0.409 e. The van der Waals surface area contributed by atoms with Gasteiger partial charge in [0.05, 0.1) is 16.9 Å². The van der Waals surface area contributed by atoms with Crippen LogP contribution in [0.4, 0.5) is 5.69 Å². The summed E-state index contributed by atoms with van der Waals surface area (Å²) in [7, 11) is 6.13. The molecule has 0 aliphatic rings. The summed E-state index contributed by atoms with van der Waals surface area (Å²) in [5, 5.41) is 12.1. The van der Waals surface area contributed by atoms with Crippen molar-refractivity contribution in [1.82, 2.24) is 9.88 Å². The Balaban J connectivity index is 3.03. The number of hydrogen-bond acceptors (Lipinski definition) is 5. The van der Waals surface area contributed by atoms with Crippen molar-refractivity contribution in [2.24, 2.45) is 10.9 Å². The van der Waals surface area contributed by atoms with Crippen LogP contribution in [0.5, 0.6) is 0 Å². The van der Waals surface area contributed by atoms with Crippen molar-refractivity contribution in [1.29, 1.82) is 0 Å². The standard InChI is InChI=1S/C14H25N5O/c1-10-9-12(19(5)8-6-7-18(3)4)13(11(2)16-10)14(15)17-20/h9,20H,6-8H2,1-5H3,(H2,15,17). The van der Waals surface area contributed by atoms with Crippen LogP contribution in [-0.4, -0.2) is 55.2 Å². The molecule has 0 fully saturated rings. The summed E-state index contributed by atoms with van der Waals surface area (Å²) >= 11 is 0. The van der Waals surface area contributed by atoms with Gasteiger partial charge in [0.25, 0.3) is 0 Å². The summed E-state index contributed by atoms with van der Waals surface area (Å²) in [6, 6.07) is 1.97. The van der Waals surface area contributed by atoms with Gasteiger partial charge in [-0.3, -0.25) is 4.98 Å². The second-order valence-corrected chi connectivity index (χ2v) is 5.31. The van der Waals surface area contributed by atoms with E-state index >= 15 is 0 Å². The van der Waals surface area contributed by atoms with Crippen LogP contribution in [0.3, 0.4) is 0 Å². The van der Waals surface area contributed by atoms with E-state index in [0.29, 0.717) is 5.56 Å². The van der Waals surface area contributed by atoms with Gasteiger partial charge in [-0.05, 0) is 47.0 Å². The van der Waals surface area contributed by atoms with Crippen molar-refractivity contribution < 1.29 is 5.21 Å². The molecule has 1 heterocycles. The number of hydrogen-bond donors (Lipinski definition) is 2. The number of rotatable bonds is 6. The van der Waals surface area contributed by atoms with E-state index < -0.39 is 0 Å². The van der Waals surface area contributed by atoms with E-state index in [9.17, 15) is 0 Å². The lowest BCUT2D eigenvalue weighted by atomic mass is 10.1. The first-order valence-corrected chi connectivity index (χ1v) is 6.68. The number of nitrogens with zero attached hydrogens (tertiary/aromatic N) is 4. The Morgan fingerprint density at radius 1 is 1.30 bits per heavy atom. The number of nitrogens with two attached hydrogens (primary N) is 1. The highest BCUT2D eigenvalue weighted by atomic mass is 16.4. The molecule has 1 aromatic rings. The number of aryl methyl sites for hydroxylation is 2. The largest absolute Gasteiger partial charge is 0.409 e. The molecular weight excluding hydrogens is 254 g/mol. The second-order valence-electron chi connectivity index (χ2n) is 5.31. The van der Waals surface area contributed by atoms with Gasteiger partial charge >= 0.3 is 0 Å². The fourth-order valence-electron chi connectivity index (χ4n) is 2.22. The average molecular weight is 279 g/mol. The lowest BCUT2D eigenvalue weighted by molar-refractivity contribution is 0.318. The van der Waals surface area contributed by atoms with Gasteiger partial charge in [0.15, 0.2) is 5.84 Å². The van der Waals surface area contributed by atoms with Gasteiger partial charge < -0.3 is 20.7 Å². The molecule has 6 heteroatoms. The zero-order valence-corrected chi connectivity index (χ0v) is 13.0. The van der Waals surface area contributed by atoms with Gasteiger partial charge in [-0.1, -0.05) is 5.16 Å². The molecule has 0 atom stereocenters. The molecule has 0 amide bonds. The van der Waals surface area contributed by atoms with Crippen LogP contribution in [0.25, 0.3) is 0 Å². The summed E-state index contributed by atoms with van der Waals surface area (Å²) in [5.41, 5.74) is 9.13. The predicted octanol–water partition coefficient (Wildman–Crippen LogP) is 1.18. The Kier molecular flexibility index (Phi) is 5.76. The minimum absolute atomic E-state index is 0.101. The Morgan fingerprint density at radius 2 is 1.95 bits per heavy atom. The van der Waals surface area contributed by atoms with Crippen LogP contribution < -0.4 is 10.6 Å². The highest BCUT2D eigenvalue weighted by molar-refractivity contribution is 6.03. The molecule has 0 radical (unpaired) electrons. The van der Waals surface area contributed by atoms with Crippen molar-refractivity contribution >= 4 is 11.5 Å². The van der Waals surface area contributed by atoms with Crippen molar-refractivity contribution in [2.75, 3.05) is 39.1 Å². The molecule has 6 nitrogen and oxygen atoms in total. The van der Waals surface area contributed by atoms with E-state index in [1.54, 1.807) is 0 Å². The highest BCUT2D eigenvalue weighted by Gasteiger charge is 2.15. The minimum atomic E-state index is 0.101. The highest BCUT2D eigenvalue weighted by Crippen LogP contribution is 2.23. The van der Waals surface area contributed by atoms with Crippen molar-refractivity contribution in [3.05, 3.63) is 23.0 Å². The molecule has 20 heavy (non-hydrogen) atoms. The zero-order valence-electron chi connectivity index (χ0n) is 13.0. The summed E-state index contributed by atoms with van der Waals surface area (Å²) < 4.78 is 0. The SMILES string of the molecule is Cc1cc(N(C)CCCN(C)C)c(/C(N)=N/O)c(C)n1. The van der Waals surface area contributed by atoms with Crippen LogP contribution >= 0.6 is 0 Å². The normalized spacial score (nSPS) is 12.0. The van der Waals surface area contributed by atoms with Crippen LogP contribution in [-0.2, 0) is 0 Å². The molecule has 1 rings (SSSR count). The fraction of sp³-hybridized carbons (Fsp3) is 0.571. The monoisotopic (exact) mass is 279 g/mol. The predicted molar refractivity (Wildman–Crippen MR) is 82.7 cm³/mol. The maximum Gasteiger partial charge on any atom is 0.174 e. The quantitative estimate of drug-likeness (QED) is 0.354. The van der Waals surface area contributed by atoms with E-state index in [1.165, 1.54) is 0 Å². The second kappa shape index (κ2) is 7.09. The first kappa shape index (κ1) is 16.2. The van der Waals surface area contributed by atoms with Gasteiger partial charge in [-0.15, -0.1) is 0 Å². The fourth-order valence-corrected chi connectivity index (χ4v) is 2.22. The zero-order chi connectivity index (χ0) is 15.3. The number of aromatic nitrogens is 1. The smallest absolute Gasteiger partial charge is 0.174 e. The Hall–Kier alpha value is -1.82. The molecule has 112 valence electrons. The Bertz CT molecular complexity index is 485. The Morgan fingerprint density at radius 3 is 2.50 bits per heavy atom. The molecule has 0 saturated carbocycles. The van der Waals surface area contributed by atoms with Gasteiger partial charge in [0.2, 0.25) is 0 Å². The van der Waals surface area contributed by atoms with Gasteiger partial charge in [0, 0.05) is 19.3 Å². The molecule has 1 aromatic heterocycles. The number of anilines is 1. The van der Waals surface area contributed by atoms with Crippen LogP contribution in [0.15, 0.2) is 11.2 Å². The average Bonchev–Trinajstić information content (AvgIpc) is 2.36. The van der Waals surface area contributed by atoms with Crippen LogP contribution in [0.1, 0.15) is 23.4 Å². The maximum atomic E-state index is 8.95. The molecule has 0 aromatic carbocycles. The molecule has 3 N–H and O–H groups in total. The van der Waals surface area contributed by atoms with Gasteiger partial charge in [-0.25, -0.2) is 0 Å². The molecule has 0 saturated heterocycles. The van der Waals surface area contributed by atoms with Crippen molar-refractivity contribution in [2.45, 2.75) is 20.3 Å². The summed E-state index contributed by atoms with van der Waals surface area (Å²) in [6.45, 7) is 5.73. The third-order valence-electron chi connectivity index (χ3n) is 3.18. The Labute approximate surface area is 120 Å². The molecular formula is C14H25N5O. The van der Waals surface area contributed by atoms with E-state index in [2.05, 4.69) is 34.0 Å². The van der Waals surface area contributed by atoms with E-state index in [0.717, 1.165) is 36.6 Å². The molecule has 0 aliphatic carbocycles. The first-order chi connectivity index (χ1) is 9.36. The van der Waals surface area contributed by atoms with E-state index in [1.807, 2.05) is 27.0 Å². The lowest BCUT2D eigenvalue weighted by Gasteiger charge is -2.24. The van der Waals surface area contributed by atoms with E-state index in [-0.39, 0.29) is 5.84 Å². The van der Waals surface area contributed by atoms with Gasteiger partial charge in [-0.2, -0.15) is 0 Å². The van der Waals surface area contributed by atoms with Crippen molar-refractivity contribution in [3.8, 4) is 0 Å². The first-order valence-electron chi connectivity index (χ1n) is 6.68. The maximum absolute atomic E-state index is 8.95. The number of pyridine rings is 1. The van der Waals surface area contributed by atoms with E-state index in [4.69, 9.17) is 10.9 Å². The van der Waals surface area contributed by atoms with Crippen LogP contribution in [0, 0.1) is 13.8 Å². The summed E-state index contributed by atoms with van der Waals surface area (Å²) in [4.78, 5) is 8.66. The van der Waals surface area contributed by atoms with Crippen LogP contribution in [0.2, 0.25) is 0 Å². The van der Waals surface area contributed by atoms with Crippen molar-refractivity contribution in [3.63, 3.8) is 0 Å². The molecule has 0 unspecified atom stereocenters. The summed E-state index contributed by atoms with van der Waals surface area (Å²) in [5.74, 6) is 0.101. The number of amidine groups is 1.